The zero-order chi connectivity index (χ0) is 13.2. The Morgan fingerprint density at radius 3 is 2.84 bits per heavy atom. The summed E-state index contributed by atoms with van der Waals surface area (Å²) in [5, 5.41) is 3.54. The van der Waals surface area contributed by atoms with Gasteiger partial charge in [0.05, 0.1) is 0 Å². The number of carbonyl (C=O) groups is 1. The molecule has 5 nitrogen and oxygen atoms in total. The summed E-state index contributed by atoms with van der Waals surface area (Å²) >= 11 is 0. The Balaban J connectivity index is 1.69. The van der Waals surface area contributed by atoms with Gasteiger partial charge in [-0.2, -0.15) is 0 Å². The van der Waals surface area contributed by atoms with E-state index in [4.69, 9.17) is 5.73 Å². The van der Waals surface area contributed by atoms with Gasteiger partial charge in [-0.3, -0.25) is 9.20 Å². The number of fused-ring (bicyclic) bond motifs is 1. The fraction of sp³-hybridized carbons (Fsp3) is 0.429. The number of nitrogens with zero attached hydrogens (tertiary/aromatic N) is 2. The highest BCUT2D eigenvalue weighted by atomic mass is 16.1. The Bertz CT molecular complexity index is 584. The summed E-state index contributed by atoms with van der Waals surface area (Å²) in [6, 6.07) is 6.44. The van der Waals surface area contributed by atoms with Crippen LogP contribution in [0.5, 0.6) is 0 Å². The molecule has 2 heterocycles. The van der Waals surface area contributed by atoms with Gasteiger partial charge in [-0.25, -0.2) is 4.98 Å². The minimum atomic E-state index is -0.157. The lowest BCUT2D eigenvalue weighted by molar-refractivity contribution is -0.122. The summed E-state index contributed by atoms with van der Waals surface area (Å²) in [6.45, 7) is 0. The lowest BCUT2D eigenvalue weighted by Gasteiger charge is -2.28. The molecule has 1 fully saturated rings. The standard InChI is InChI=1S/C14H18N4O/c15-14(19)10-4-6-11(7-5-10)17-13-3-1-2-12-16-8-9-18(12)13/h1-3,8-11,17H,4-7H2,(H2,15,19). The van der Waals surface area contributed by atoms with Crippen LogP contribution in [0.15, 0.2) is 30.6 Å². The van der Waals surface area contributed by atoms with Crippen molar-refractivity contribution in [3.8, 4) is 0 Å². The van der Waals surface area contributed by atoms with Gasteiger partial charge in [-0.05, 0) is 37.8 Å². The zero-order valence-electron chi connectivity index (χ0n) is 10.7. The van der Waals surface area contributed by atoms with Crippen LogP contribution in [0, 0.1) is 5.92 Å². The zero-order valence-corrected chi connectivity index (χ0v) is 10.7. The summed E-state index contributed by atoms with van der Waals surface area (Å²) in [6.07, 6.45) is 7.48. The van der Waals surface area contributed by atoms with E-state index in [0.717, 1.165) is 37.1 Å². The fourth-order valence-corrected chi connectivity index (χ4v) is 2.80. The van der Waals surface area contributed by atoms with E-state index < -0.39 is 0 Å². The minimum Gasteiger partial charge on any atom is -0.369 e. The molecule has 1 saturated carbocycles. The number of carbonyl (C=O) groups excluding carboxylic acids is 1. The van der Waals surface area contributed by atoms with Crippen LogP contribution in [0.25, 0.3) is 5.65 Å². The van der Waals surface area contributed by atoms with Crippen LogP contribution < -0.4 is 11.1 Å². The predicted molar refractivity (Wildman–Crippen MR) is 73.8 cm³/mol. The minimum absolute atomic E-state index is 0.0575. The summed E-state index contributed by atoms with van der Waals surface area (Å²) in [4.78, 5) is 15.4. The van der Waals surface area contributed by atoms with Crippen LogP contribution in [0.4, 0.5) is 5.82 Å². The molecule has 1 aliphatic rings. The number of anilines is 1. The quantitative estimate of drug-likeness (QED) is 0.881. The molecule has 2 aromatic rings. The first-order valence-electron chi connectivity index (χ1n) is 6.72. The van der Waals surface area contributed by atoms with E-state index >= 15 is 0 Å². The molecule has 1 aliphatic carbocycles. The number of aromatic nitrogens is 2. The van der Waals surface area contributed by atoms with Crippen molar-refractivity contribution in [2.45, 2.75) is 31.7 Å². The van der Waals surface area contributed by atoms with Crippen LogP contribution in [0.2, 0.25) is 0 Å². The van der Waals surface area contributed by atoms with Crippen molar-refractivity contribution >= 4 is 17.4 Å². The van der Waals surface area contributed by atoms with Crippen molar-refractivity contribution in [2.24, 2.45) is 11.7 Å². The highest BCUT2D eigenvalue weighted by Gasteiger charge is 2.24. The van der Waals surface area contributed by atoms with Gasteiger partial charge in [0.1, 0.15) is 11.5 Å². The molecule has 5 heteroatoms. The second-order valence-electron chi connectivity index (χ2n) is 5.16. The van der Waals surface area contributed by atoms with Gasteiger partial charge in [-0.15, -0.1) is 0 Å². The number of primary amides is 1. The smallest absolute Gasteiger partial charge is 0.220 e. The van der Waals surface area contributed by atoms with Crippen molar-refractivity contribution in [2.75, 3.05) is 5.32 Å². The molecular formula is C14H18N4O. The van der Waals surface area contributed by atoms with Crippen LogP contribution in [-0.4, -0.2) is 21.3 Å². The highest BCUT2D eigenvalue weighted by Crippen LogP contribution is 2.26. The molecule has 0 radical (unpaired) electrons. The normalized spacial score (nSPS) is 23.4. The average molecular weight is 258 g/mol. The van der Waals surface area contributed by atoms with E-state index in [-0.39, 0.29) is 11.8 Å². The third kappa shape index (κ3) is 2.41. The second-order valence-corrected chi connectivity index (χ2v) is 5.16. The molecule has 100 valence electrons. The van der Waals surface area contributed by atoms with Gasteiger partial charge < -0.3 is 11.1 Å². The van der Waals surface area contributed by atoms with Gasteiger partial charge in [0.15, 0.2) is 0 Å². The topological polar surface area (TPSA) is 72.4 Å². The molecule has 0 saturated heterocycles. The average Bonchev–Trinajstić information content (AvgIpc) is 2.89. The number of amides is 1. The molecule has 0 aliphatic heterocycles. The summed E-state index contributed by atoms with van der Waals surface area (Å²) in [5.74, 6) is 0.953. The molecule has 3 rings (SSSR count). The third-order valence-electron chi connectivity index (χ3n) is 3.91. The molecule has 0 aromatic carbocycles. The van der Waals surface area contributed by atoms with Gasteiger partial charge >= 0.3 is 0 Å². The molecule has 0 spiro atoms. The molecular weight excluding hydrogens is 240 g/mol. The van der Waals surface area contributed by atoms with E-state index in [2.05, 4.69) is 16.4 Å². The van der Waals surface area contributed by atoms with E-state index in [1.54, 1.807) is 6.20 Å². The van der Waals surface area contributed by atoms with Crippen molar-refractivity contribution < 1.29 is 4.79 Å². The third-order valence-corrected chi connectivity index (χ3v) is 3.91. The Morgan fingerprint density at radius 2 is 2.11 bits per heavy atom. The lowest BCUT2D eigenvalue weighted by Crippen LogP contribution is -2.32. The van der Waals surface area contributed by atoms with Gasteiger partial charge in [-0.1, -0.05) is 6.07 Å². The van der Waals surface area contributed by atoms with E-state index in [9.17, 15) is 4.79 Å². The van der Waals surface area contributed by atoms with E-state index in [0.29, 0.717) is 6.04 Å². The number of pyridine rings is 1. The maximum Gasteiger partial charge on any atom is 0.220 e. The Morgan fingerprint density at radius 1 is 1.32 bits per heavy atom. The number of hydrogen-bond acceptors (Lipinski definition) is 3. The first kappa shape index (κ1) is 12.0. The van der Waals surface area contributed by atoms with Crippen molar-refractivity contribution in [1.82, 2.24) is 9.38 Å². The Kier molecular flexibility index (Phi) is 3.11. The number of hydrogen-bond donors (Lipinski definition) is 2. The van der Waals surface area contributed by atoms with Crippen LogP contribution in [0.3, 0.4) is 0 Å². The summed E-state index contributed by atoms with van der Waals surface area (Å²) in [7, 11) is 0. The molecule has 0 bridgehead atoms. The Hall–Kier alpha value is -2.04. The van der Waals surface area contributed by atoms with Crippen molar-refractivity contribution in [1.29, 1.82) is 0 Å². The number of nitrogens with one attached hydrogen (secondary N) is 1. The first-order chi connectivity index (χ1) is 9.24. The lowest BCUT2D eigenvalue weighted by atomic mass is 9.85. The molecule has 2 aromatic heterocycles. The Labute approximate surface area is 111 Å². The predicted octanol–water partition coefficient (Wildman–Crippen LogP) is 1.79. The van der Waals surface area contributed by atoms with E-state index in [1.165, 1.54) is 0 Å². The second kappa shape index (κ2) is 4.91. The van der Waals surface area contributed by atoms with Crippen molar-refractivity contribution in [3.05, 3.63) is 30.6 Å². The first-order valence-corrected chi connectivity index (χ1v) is 6.72. The maximum atomic E-state index is 11.1. The van der Waals surface area contributed by atoms with E-state index in [1.807, 2.05) is 22.7 Å². The van der Waals surface area contributed by atoms with Crippen molar-refractivity contribution in [3.63, 3.8) is 0 Å². The molecule has 3 N–H and O–H groups in total. The summed E-state index contributed by atoms with van der Waals surface area (Å²) in [5.41, 5.74) is 6.29. The molecule has 0 unspecified atom stereocenters. The SMILES string of the molecule is NC(=O)C1CCC(Nc2cccc3nccn23)CC1. The van der Waals surface area contributed by atoms with Gasteiger partial charge in [0.2, 0.25) is 5.91 Å². The molecule has 19 heavy (non-hydrogen) atoms. The van der Waals surface area contributed by atoms with Crippen LogP contribution in [0.1, 0.15) is 25.7 Å². The maximum absolute atomic E-state index is 11.1. The fourth-order valence-electron chi connectivity index (χ4n) is 2.80. The number of nitrogens with two attached hydrogens (primary N) is 1. The summed E-state index contributed by atoms with van der Waals surface area (Å²) < 4.78 is 2.04. The highest BCUT2D eigenvalue weighted by molar-refractivity contribution is 5.76. The van der Waals surface area contributed by atoms with Gasteiger partial charge in [0.25, 0.3) is 0 Å². The van der Waals surface area contributed by atoms with Crippen LogP contribution in [-0.2, 0) is 4.79 Å². The monoisotopic (exact) mass is 258 g/mol. The molecule has 0 atom stereocenters. The largest absolute Gasteiger partial charge is 0.369 e. The number of imidazole rings is 1. The number of rotatable bonds is 3. The van der Waals surface area contributed by atoms with Gasteiger partial charge in [0, 0.05) is 24.4 Å². The molecule has 1 amide bonds. The van der Waals surface area contributed by atoms with Crippen LogP contribution >= 0.6 is 0 Å².